The van der Waals surface area contributed by atoms with Crippen LogP contribution in [0.1, 0.15) is 31.4 Å². The smallest absolute Gasteiger partial charge is 0.0673 e. The Morgan fingerprint density at radius 3 is 2.89 bits per heavy atom. The van der Waals surface area contributed by atoms with Crippen LogP contribution in [-0.4, -0.2) is 44.3 Å². The molecule has 3 nitrogen and oxygen atoms in total. The van der Waals surface area contributed by atoms with Gasteiger partial charge in [0, 0.05) is 32.3 Å². The van der Waals surface area contributed by atoms with E-state index in [2.05, 4.69) is 47.5 Å². The molecular formula is C16H26N2O. The molecule has 1 saturated heterocycles. The Kier molecular flexibility index (Phi) is 5.83. The molecule has 0 amide bonds. The van der Waals surface area contributed by atoms with Crippen LogP contribution in [0.15, 0.2) is 30.3 Å². The van der Waals surface area contributed by atoms with Crippen LogP contribution in [0.5, 0.6) is 0 Å². The Morgan fingerprint density at radius 2 is 2.16 bits per heavy atom. The van der Waals surface area contributed by atoms with Crippen LogP contribution in [0.25, 0.3) is 0 Å². The SMILES string of the molecule is CNC(CCN1CCCOC(C)C1)c1ccccc1. The zero-order chi connectivity index (χ0) is 13.5. The number of hydrogen-bond acceptors (Lipinski definition) is 3. The minimum absolute atomic E-state index is 0.368. The highest BCUT2D eigenvalue weighted by Gasteiger charge is 2.16. The summed E-state index contributed by atoms with van der Waals surface area (Å²) in [5.41, 5.74) is 1.38. The number of nitrogens with zero attached hydrogens (tertiary/aromatic N) is 1. The van der Waals surface area contributed by atoms with Gasteiger partial charge in [-0.25, -0.2) is 0 Å². The van der Waals surface area contributed by atoms with Crippen LogP contribution >= 0.6 is 0 Å². The normalized spacial score (nSPS) is 22.9. The number of ether oxygens (including phenoxy) is 1. The summed E-state index contributed by atoms with van der Waals surface area (Å²) in [5, 5.41) is 3.43. The van der Waals surface area contributed by atoms with Crippen molar-refractivity contribution in [3.63, 3.8) is 0 Å². The third-order valence-electron chi connectivity index (χ3n) is 3.82. The Bertz CT molecular complexity index is 355. The molecule has 0 spiro atoms. The summed E-state index contributed by atoms with van der Waals surface area (Å²) in [4.78, 5) is 2.53. The average molecular weight is 262 g/mol. The summed E-state index contributed by atoms with van der Waals surface area (Å²) < 4.78 is 5.69. The van der Waals surface area contributed by atoms with Crippen LogP contribution in [0, 0.1) is 0 Å². The molecule has 106 valence electrons. The molecule has 1 aromatic rings. The maximum absolute atomic E-state index is 5.69. The lowest BCUT2D eigenvalue weighted by atomic mass is 10.0. The minimum atomic E-state index is 0.368. The van der Waals surface area contributed by atoms with Gasteiger partial charge in [0.2, 0.25) is 0 Å². The molecule has 3 heteroatoms. The van der Waals surface area contributed by atoms with Gasteiger partial charge in [0.1, 0.15) is 0 Å². The first-order chi connectivity index (χ1) is 9.29. The number of nitrogens with one attached hydrogen (secondary N) is 1. The molecule has 2 atom stereocenters. The fraction of sp³-hybridized carbons (Fsp3) is 0.625. The Labute approximate surface area is 116 Å². The summed E-state index contributed by atoms with van der Waals surface area (Å²) >= 11 is 0. The van der Waals surface area contributed by atoms with Crippen molar-refractivity contribution >= 4 is 0 Å². The van der Waals surface area contributed by atoms with Gasteiger partial charge in [0.25, 0.3) is 0 Å². The van der Waals surface area contributed by atoms with E-state index in [1.807, 2.05) is 7.05 Å². The quantitative estimate of drug-likeness (QED) is 0.882. The van der Waals surface area contributed by atoms with Crippen molar-refractivity contribution in [3.05, 3.63) is 35.9 Å². The highest BCUT2D eigenvalue weighted by molar-refractivity contribution is 5.18. The molecule has 2 rings (SSSR count). The second kappa shape index (κ2) is 7.63. The third kappa shape index (κ3) is 4.60. The molecule has 19 heavy (non-hydrogen) atoms. The lowest BCUT2D eigenvalue weighted by Gasteiger charge is -2.25. The van der Waals surface area contributed by atoms with Crippen LogP contribution in [0.3, 0.4) is 0 Å². The topological polar surface area (TPSA) is 24.5 Å². The van der Waals surface area contributed by atoms with Gasteiger partial charge in [0.15, 0.2) is 0 Å². The summed E-state index contributed by atoms with van der Waals surface area (Å²) in [6.45, 7) is 6.44. The maximum Gasteiger partial charge on any atom is 0.0673 e. The predicted octanol–water partition coefficient (Wildman–Crippen LogP) is 2.45. The van der Waals surface area contributed by atoms with Gasteiger partial charge in [-0.3, -0.25) is 0 Å². The van der Waals surface area contributed by atoms with E-state index in [1.165, 1.54) is 5.56 Å². The van der Waals surface area contributed by atoms with E-state index >= 15 is 0 Å². The predicted molar refractivity (Wildman–Crippen MR) is 79.3 cm³/mol. The first-order valence-electron chi connectivity index (χ1n) is 7.35. The molecule has 0 aromatic heterocycles. The summed E-state index contributed by atoms with van der Waals surface area (Å²) in [6, 6.07) is 11.2. The first-order valence-corrected chi connectivity index (χ1v) is 7.35. The Morgan fingerprint density at radius 1 is 1.37 bits per heavy atom. The van der Waals surface area contributed by atoms with Crippen molar-refractivity contribution in [2.75, 3.05) is 33.3 Å². The van der Waals surface area contributed by atoms with E-state index in [4.69, 9.17) is 4.74 Å². The van der Waals surface area contributed by atoms with Crippen molar-refractivity contribution in [3.8, 4) is 0 Å². The van der Waals surface area contributed by atoms with E-state index in [0.29, 0.717) is 12.1 Å². The van der Waals surface area contributed by atoms with Crippen LogP contribution in [-0.2, 0) is 4.74 Å². The molecule has 1 heterocycles. The molecule has 1 aliphatic rings. The lowest BCUT2D eigenvalue weighted by molar-refractivity contribution is 0.0672. The standard InChI is InChI=1S/C16H26N2O/c1-14-13-18(10-6-12-19-14)11-9-16(17-2)15-7-4-3-5-8-15/h3-5,7-8,14,16-17H,6,9-13H2,1-2H3. The first kappa shape index (κ1) is 14.5. The maximum atomic E-state index is 5.69. The van der Waals surface area contributed by atoms with E-state index in [-0.39, 0.29) is 0 Å². The molecule has 0 aliphatic carbocycles. The minimum Gasteiger partial charge on any atom is -0.377 e. The van der Waals surface area contributed by atoms with Gasteiger partial charge >= 0.3 is 0 Å². The average Bonchev–Trinajstić information content (AvgIpc) is 2.65. The number of hydrogen-bond donors (Lipinski definition) is 1. The zero-order valence-corrected chi connectivity index (χ0v) is 12.1. The summed E-state index contributed by atoms with van der Waals surface area (Å²) in [7, 11) is 2.05. The number of rotatable bonds is 5. The molecular weight excluding hydrogens is 236 g/mol. The van der Waals surface area contributed by atoms with Gasteiger partial charge in [-0.1, -0.05) is 30.3 Å². The molecule has 1 aromatic carbocycles. The van der Waals surface area contributed by atoms with Gasteiger partial charge in [-0.15, -0.1) is 0 Å². The largest absolute Gasteiger partial charge is 0.377 e. The lowest BCUT2D eigenvalue weighted by Crippen LogP contribution is -2.33. The Balaban J connectivity index is 1.85. The van der Waals surface area contributed by atoms with Gasteiger partial charge in [-0.05, 0) is 32.4 Å². The molecule has 1 fully saturated rings. The number of benzene rings is 1. The third-order valence-corrected chi connectivity index (χ3v) is 3.82. The van der Waals surface area contributed by atoms with Gasteiger partial charge in [-0.2, -0.15) is 0 Å². The van der Waals surface area contributed by atoms with E-state index in [0.717, 1.165) is 39.1 Å². The van der Waals surface area contributed by atoms with Gasteiger partial charge in [0.05, 0.1) is 6.10 Å². The van der Waals surface area contributed by atoms with Crippen molar-refractivity contribution < 1.29 is 4.74 Å². The van der Waals surface area contributed by atoms with E-state index in [9.17, 15) is 0 Å². The summed E-state index contributed by atoms with van der Waals surface area (Å²) in [6.07, 6.45) is 2.67. The van der Waals surface area contributed by atoms with Crippen molar-refractivity contribution in [2.24, 2.45) is 0 Å². The Hall–Kier alpha value is -0.900. The van der Waals surface area contributed by atoms with Crippen LogP contribution < -0.4 is 5.32 Å². The molecule has 1 N–H and O–H groups in total. The van der Waals surface area contributed by atoms with Crippen molar-refractivity contribution in [1.29, 1.82) is 0 Å². The monoisotopic (exact) mass is 262 g/mol. The molecule has 0 saturated carbocycles. The van der Waals surface area contributed by atoms with Crippen LogP contribution in [0.2, 0.25) is 0 Å². The van der Waals surface area contributed by atoms with Gasteiger partial charge < -0.3 is 15.0 Å². The zero-order valence-electron chi connectivity index (χ0n) is 12.1. The second-order valence-electron chi connectivity index (χ2n) is 5.38. The van der Waals surface area contributed by atoms with Crippen LogP contribution in [0.4, 0.5) is 0 Å². The van der Waals surface area contributed by atoms with E-state index < -0.39 is 0 Å². The second-order valence-corrected chi connectivity index (χ2v) is 5.38. The molecule has 2 unspecified atom stereocenters. The van der Waals surface area contributed by atoms with Crippen molar-refractivity contribution in [1.82, 2.24) is 10.2 Å². The molecule has 0 radical (unpaired) electrons. The summed E-state index contributed by atoms with van der Waals surface area (Å²) in [5.74, 6) is 0. The molecule has 0 bridgehead atoms. The highest BCUT2D eigenvalue weighted by Crippen LogP contribution is 2.17. The van der Waals surface area contributed by atoms with E-state index in [1.54, 1.807) is 0 Å². The van der Waals surface area contributed by atoms with Crippen molar-refractivity contribution in [2.45, 2.75) is 31.9 Å². The fourth-order valence-electron chi connectivity index (χ4n) is 2.76. The highest BCUT2D eigenvalue weighted by atomic mass is 16.5. The fourth-order valence-corrected chi connectivity index (χ4v) is 2.76. The molecule has 1 aliphatic heterocycles.